The number of carbonyl (C=O) groups is 1. The molecular weight excluding hydrogens is 296 g/mol. The number of hydrogen-bond acceptors (Lipinski definition) is 2. The van der Waals surface area contributed by atoms with E-state index in [-0.39, 0.29) is 17.2 Å². The monoisotopic (exact) mass is 306 g/mol. The zero-order valence-corrected chi connectivity index (χ0v) is 11.2. The molecule has 92 valence electrons. The van der Waals surface area contributed by atoms with E-state index >= 15 is 0 Å². The van der Waals surface area contributed by atoms with E-state index < -0.39 is 0 Å². The fraction of sp³-hybridized carbons (Fsp3) is 0.0769. The molecule has 2 aromatic rings. The van der Waals surface area contributed by atoms with Crippen LogP contribution < -0.4 is 10.9 Å². The first-order valence-corrected chi connectivity index (χ1v) is 6.12. The minimum Gasteiger partial charge on any atom is -0.321 e. The molecule has 0 spiro atoms. The Balaban J connectivity index is 2.24. The summed E-state index contributed by atoms with van der Waals surface area (Å²) in [5.74, 6) is -0.342. The Kier molecular flexibility index (Phi) is 3.62. The number of H-pyrrole nitrogens is 1. The van der Waals surface area contributed by atoms with Gasteiger partial charge in [-0.05, 0) is 36.8 Å². The first kappa shape index (κ1) is 12.6. The Morgan fingerprint density at radius 2 is 2.06 bits per heavy atom. The predicted octanol–water partition coefficient (Wildman–Crippen LogP) is 2.70. The molecule has 1 amide bonds. The molecule has 2 N–H and O–H groups in total. The molecular formula is C13H11BrN2O2. The average molecular weight is 307 g/mol. The quantitative estimate of drug-likeness (QED) is 0.896. The molecule has 2 rings (SSSR count). The number of carbonyl (C=O) groups excluding carboxylic acids is 1. The summed E-state index contributed by atoms with van der Waals surface area (Å²) < 4.78 is 0.888. The van der Waals surface area contributed by atoms with Crippen LogP contribution in [-0.2, 0) is 0 Å². The number of amides is 1. The molecule has 5 heteroatoms. The van der Waals surface area contributed by atoms with Crippen molar-refractivity contribution in [3.05, 3.63) is 62.5 Å². The van der Waals surface area contributed by atoms with Gasteiger partial charge >= 0.3 is 0 Å². The summed E-state index contributed by atoms with van der Waals surface area (Å²) in [5.41, 5.74) is 1.64. The van der Waals surface area contributed by atoms with Crippen LogP contribution in [0.25, 0.3) is 0 Å². The highest BCUT2D eigenvalue weighted by atomic mass is 79.9. The molecule has 0 saturated carbocycles. The zero-order chi connectivity index (χ0) is 13.1. The van der Waals surface area contributed by atoms with Gasteiger partial charge in [-0.1, -0.05) is 22.0 Å². The van der Waals surface area contributed by atoms with E-state index in [2.05, 4.69) is 26.2 Å². The normalized spacial score (nSPS) is 10.1. The van der Waals surface area contributed by atoms with Gasteiger partial charge in [0.1, 0.15) is 5.69 Å². The van der Waals surface area contributed by atoms with Crippen molar-refractivity contribution in [3.63, 3.8) is 0 Å². The van der Waals surface area contributed by atoms with Gasteiger partial charge in [0.2, 0.25) is 5.56 Å². The van der Waals surface area contributed by atoms with Crippen LogP contribution in [0.1, 0.15) is 16.1 Å². The van der Waals surface area contributed by atoms with Crippen molar-refractivity contribution in [3.8, 4) is 0 Å². The summed E-state index contributed by atoms with van der Waals surface area (Å²) in [6.07, 6.45) is 0. The lowest BCUT2D eigenvalue weighted by Crippen LogP contribution is -2.17. The molecule has 1 aromatic carbocycles. The third-order valence-electron chi connectivity index (χ3n) is 2.31. The molecule has 0 unspecified atom stereocenters. The summed E-state index contributed by atoms with van der Waals surface area (Å²) in [5, 5.41) is 2.73. The number of aromatic amines is 1. The van der Waals surface area contributed by atoms with Crippen LogP contribution in [-0.4, -0.2) is 10.9 Å². The second kappa shape index (κ2) is 5.18. The number of hydrogen-bond donors (Lipinski definition) is 2. The molecule has 0 fully saturated rings. The Morgan fingerprint density at radius 1 is 1.28 bits per heavy atom. The lowest BCUT2D eigenvalue weighted by atomic mass is 10.2. The number of aryl methyl sites for hydroxylation is 1. The van der Waals surface area contributed by atoms with Crippen LogP contribution in [0.5, 0.6) is 0 Å². The molecule has 1 heterocycles. The maximum absolute atomic E-state index is 11.9. The van der Waals surface area contributed by atoms with Gasteiger partial charge in [-0.2, -0.15) is 0 Å². The number of rotatable bonds is 2. The van der Waals surface area contributed by atoms with Crippen LogP contribution in [0.2, 0.25) is 0 Å². The minimum absolute atomic E-state index is 0.236. The van der Waals surface area contributed by atoms with E-state index in [4.69, 9.17) is 0 Å². The van der Waals surface area contributed by atoms with E-state index in [0.29, 0.717) is 5.69 Å². The van der Waals surface area contributed by atoms with Gasteiger partial charge in [0.15, 0.2) is 0 Å². The fourth-order valence-electron chi connectivity index (χ4n) is 1.59. The average Bonchev–Trinajstić information content (AvgIpc) is 2.27. The lowest BCUT2D eigenvalue weighted by Gasteiger charge is -2.06. The second-order valence-electron chi connectivity index (χ2n) is 3.90. The number of benzene rings is 1. The van der Waals surface area contributed by atoms with Gasteiger partial charge in [0.05, 0.1) is 0 Å². The molecule has 1 aromatic heterocycles. The summed E-state index contributed by atoms with van der Waals surface area (Å²) in [6.45, 7) is 1.94. The van der Waals surface area contributed by atoms with E-state index in [1.165, 1.54) is 6.07 Å². The van der Waals surface area contributed by atoms with Crippen LogP contribution in [0.15, 0.2) is 45.7 Å². The van der Waals surface area contributed by atoms with E-state index in [1.54, 1.807) is 18.2 Å². The largest absolute Gasteiger partial charge is 0.321 e. The SMILES string of the molecule is Cc1cc(Br)cc(NC(=O)c2cccc(=O)[nH]2)c1. The molecule has 18 heavy (non-hydrogen) atoms. The summed E-state index contributed by atoms with van der Waals surface area (Å²) >= 11 is 3.36. The topological polar surface area (TPSA) is 62.0 Å². The van der Waals surface area contributed by atoms with Gasteiger partial charge in [-0.3, -0.25) is 9.59 Å². The highest BCUT2D eigenvalue weighted by molar-refractivity contribution is 9.10. The Bertz CT molecular complexity index is 629. The van der Waals surface area contributed by atoms with Gasteiger partial charge in [-0.25, -0.2) is 0 Å². The van der Waals surface area contributed by atoms with Crippen molar-refractivity contribution in [2.45, 2.75) is 6.92 Å². The van der Waals surface area contributed by atoms with Crippen molar-refractivity contribution < 1.29 is 4.79 Å². The van der Waals surface area contributed by atoms with E-state index in [9.17, 15) is 9.59 Å². The van der Waals surface area contributed by atoms with Crippen molar-refractivity contribution in [2.75, 3.05) is 5.32 Å². The summed E-state index contributed by atoms with van der Waals surface area (Å²) in [6, 6.07) is 10.1. The third kappa shape index (κ3) is 3.07. The number of pyridine rings is 1. The standard InChI is InChI=1S/C13H11BrN2O2/c1-8-5-9(14)7-10(6-8)15-13(18)11-3-2-4-12(17)16-11/h2-7H,1H3,(H,15,18)(H,16,17). The Hall–Kier alpha value is -1.88. The lowest BCUT2D eigenvalue weighted by molar-refractivity contribution is 0.102. The first-order chi connectivity index (χ1) is 8.54. The number of nitrogens with one attached hydrogen (secondary N) is 2. The third-order valence-corrected chi connectivity index (χ3v) is 2.77. The van der Waals surface area contributed by atoms with Gasteiger partial charge in [0, 0.05) is 16.2 Å². The number of anilines is 1. The number of aromatic nitrogens is 1. The molecule has 0 bridgehead atoms. The molecule has 4 nitrogen and oxygen atoms in total. The second-order valence-corrected chi connectivity index (χ2v) is 4.82. The zero-order valence-electron chi connectivity index (χ0n) is 9.66. The predicted molar refractivity (Wildman–Crippen MR) is 73.9 cm³/mol. The van der Waals surface area contributed by atoms with Crippen molar-refractivity contribution in [1.29, 1.82) is 0 Å². The van der Waals surface area contributed by atoms with E-state index in [1.807, 2.05) is 19.1 Å². The van der Waals surface area contributed by atoms with Gasteiger partial charge in [0.25, 0.3) is 5.91 Å². The molecule has 0 saturated heterocycles. The van der Waals surface area contributed by atoms with E-state index in [0.717, 1.165) is 10.0 Å². The maximum Gasteiger partial charge on any atom is 0.272 e. The van der Waals surface area contributed by atoms with Gasteiger partial charge in [-0.15, -0.1) is 0 Å². The van der Waals surface area contributed by atoms with Crippen LogP contribution in [0.3, 0.4) is 0 Å². The van der Waals surface area contributed by atoms with Crippen molar-refractivity contribution in [2.24, 2.45) is 0 Å². The van der Waals surface area contributed by atoms with Crippen molar-refractivity contribution in [1.82, 2.24) is 4.98 Å². The highest BCUT2D eigenvalue weighted by Crippen LogP contribution is 2.19. The van der Waals surface area contributed by atoms with Crippen LogP contribution in [0, 0.1) is 6.92 Å². The highest BCUT2D eigenvalue weighted by Gasteiger charge is 2.07. The molecule has 0 aliphatic heterocycles. The van der Waals surface area contributed by atoms with Crippen LogP contribution in [0.4, 0.5) is 5.69 Å². The minimum atomic E-state index is -0.342. The van der Waals surface area contributed by atoms with Crippen molar-refractivity contribution >= 4 is 27.5 Å². The summed E-state index contributed by atoms with van der Waals surface area (Å²) in [7, 11) is 0. The number of halogens is 1. The van der Waals surface area contributed by atoms with Gasteiger partial charge < -0.3 is 10.3 Å². The Morgan fingerprint density at radius 3 is 2.72 bits per heavy atom. The molecule has 0 aliphatic rings. The molecule has 0 aliphatic carbocycles. The maximum atomic E-state index is 11.9. The molecule has 0 radical (unpaired) electrons. The van der Waals surface area contributed by atoms with Crippen LogP contribution >= 0.6 is 15.9 Å². The fourth-order valence-corrected chi connectivity index (χ4v) is 2.19. The Labute approximate surface area is 112 Å². The molecule has 0 atom stereocenters. The summed E-state index contributed by atoms with van der Waals surface area (Å²) in [4.78, 5) is 25.5. The first-order valence-electron chi connectivity index (χ1n) is 5.32. The smallest absolute Gasteiger partial charge is 0.272 e.